The minimum atomic E-state index is 0. The predicted molar refractivity (Wildman–Crippen MR) is 68.5 cm³/mol. The van der Waals surface area contributed by atoms with E-state index < -0.39 is 0 Å². The summed E-state index contributed by atoms with van der Waals surface area (Å²) in [5, 5.41) is 6.45. The average molecular weight is 256 g/mol. The third kappa shape index (κ3) is 1.96. The summed E-state index contributed by atoms with van der Waals surface area (Å²) in [6.45, 7) is 4.12. The van der Waals surface area contributed by atoms with Crippen LogP contribution in [0.3, 0.4) is 0 Å². The molecule has 0 aromatic carbocycles. The molecule has 2 atom stereocenters. The average Bonchev–Trinajstić information content (AvgIpc) is 2.68. The molecule has 17 heavy (non-hydrogen) atoms. The van der Waals surface area contributed by atoms with Crippen molar-refractivity contribution in [1.29, 1.82) is 0 Å². The number of carbonyl (C=O) groups is 1. The minimum absolute atomic E-state index is 0. The molecule has 2 N–H and O–H groups in total. The number of nitrogens with one attached hydrogen (secondary N) is 2. The highest BCUT2D eigenvalue weighted by atomic mass is 35.5. The molecule has 1 aliphatic heterocycles. The van der Waals surface area contributed by atoms with Crippen LogP contribution < -0.4 is 10.6 Å². The second-order valence-corrected chi connectivity index (χ2v) is 4.90. The first kappa shape index (κ1) is 12.5. The second-order valence-electron chi connectivity index (χ2n) is 4.90. The molecule has 1 aromatic rings. The lowest BCUT2D eigenvalue weighted by molar-refractivity contribution is 0.0938. The molecule has 2 fully saturated rings. The topological polar surface area (TPSA) is 46.1 Å². The Bertz CT molecular complexity index is 433. The zero-order valence-corrected chi connectivity index (χ0v) is 10.9. The largest absolute Gasteiger partial charge is 0.347 e. The fraction of sp³-hybridized carbons (Fsp3) is 0.583. The quantitative estimate of drug-likeness (QED) is 0.818. The van der Waals surface area contributed by atoms with Gasteiger partial charge in [-0.15, -0.1) is 12.4 Å². The number of nitrogens with zero attached hydrogens (tertiary/aromatic N) is 1. The van der Waals surface area contributed by atoms with Gasteiger partial charge in [-0.2, -0.15) is 0 Å². The summed E-state index contributed by atoms with van der Waals surface area (Å²) in [6, 6.07) is 4.27. The third-order valence-corrected chi connectivity index (χ3v) is 3.99. The molecule has 1 aliphatic carbocycles. The molecular formula is C12H18ClN3O. The van der Waals surface area contributed by atoms with Crippen molar-refractivity contribution in [2.75, 3.05) is 13.1 Å². The molecule has 0 spiro atoms. The predicted octanol–water partition coefficient (Wildman–Crippen LogP) is 0.703. The van der Waals surface area contributed by atoms with Gasteiger partial charge in [0.15, 0.2) is 0 Å². The van der Waals surface area contributed by atoms with E-state index in [2.05, 4.69) is 10.6 Å². The summed E-state index contributed by atoms with van der Waals surface area (Å²) < 4.78 is 1.94. The van der Waals surface area contributed by atoms with Crippen molar-refractivity contribution < 1.29 is 4.79 Å². The van der Waals surface area contributed by atoms with Gasteiger partial charge < -0.3 is 15.2 Å². The van der Waals surface area contributed by atoms with E-state index in [0.717, 1.165) is 24.5 Å². The van der Waals surface area contributed by atoms with Crippen molar-refractivity contribution in [3.8, 4) is 0 Å². The number of aromatic nitrogens is 1. The van der Waals surface area contributed by atoms with Gasteiger partial charge in [0.25, 0.3) is 5.91 Å². The number of rotatable bonds is 2. The number of aryl methyl sites for hydroxylation is 1. The van der Waals surface area contributed by atoms with Crippen LogP contribution in [0.15, 0.2) is 12.1 Å². The van der Waals surface area contributed by atoms with Crippen LogP contribution in [-0.2, 0) is 7.05 Å². The maximum atomic E-state index is 12.0. The van der Waals surface area contributed by atoms with Gasteiger partial charge in [-0.25, -0.2) is 0 Å². The van der Waals surface area contributed by atoms with Crippen LogP contribution in [0.5, 0.6) is 0 Å². The van der Waals surface area contributed by atoms with Gasteiger partial charge in [0, 0.05) is 31.9 Å². The van der Waals surface area contributed by atoms with Crippen molar-refractivity contribution >= 4 is 18.3 Å². The van der Waals surface area contributed by atoms with Crippen LogP contribution in [0.1, 0.15) is 16.2 Å². The van der Waals surface area contributed by atoms with Crippen molar-refractivity contribution in [2.45, 2.75) is 13.0 Å². The first-order valence-corrected chi connectivity index (χ1v) is 5.82. The molecule has 2 aliphatic rings. The Morgan fingerprint density at radius 1 is 1.41 bits per heavy atom. The Labute approximate surface area is 107 Å². The van der Waals surface area contributed by atoms with E-state index in [1.54, 1.807) is 0 Å². The first-order valence-electron chi connectivity index (χ1n) is 5.82. The Morgan fingerprint density at radius 2 is 2.06 bits per heavy atom. The van der Waals surface area contributed by atoms with Crippen LogP contribution in [0, 0.1) is 18.8 Å². The number of fused-ring (bicyclic) bond motifs is 1. The van der Waals surface area contributed by atoms with Crippen LogP contribution in [0.2, 0.25) is 0 Å². The lowest BCUT2D eigenvalue weighted by atomic mass is 10.3. The second kappa shape index (κ2) is 4.35. The molecule has 1 saturated heterocycles. The lowest BCUT2D eigenvalue weighted by Crippen LogP contribution is -2.33. The van der Waals surface area contributed by atoms with Crippen molar-refractivity contribution in [1.82, 2.24) is 15.2 Å². The standard InChI is InChI=1S/C12H17N3O.ClH/c1-7-3-4-10(15(7)2)12(16)14-11-8-5-13-6-9(8)11;/h3-4,8-9,11,13H,5-6H2,1-2H3,(H,14,16);1H. The van der Waals surface area contributed by atoms with E-state index in [9.17, 15) is 4.79 Å². The number of amides is 1. The fourth-order valence-electron chi connectivity index (χ4n) is 2.70. The summed E-state index contributed by atoms with van der Waals surface area (Å²) in [7, 11) is 1.93. The molecule has 1 saturated carbocycles. The zero-order valence-electron chi connectivity index (χ0n) is 10.1. The number of halogens is 1. The minimum Gasteiger partial charge on any atom is -0.347 e. The molecule has 0 radical (unpaired) electrons. The maximum absolute atomic E-state index is 12.0. The SMILES string of the molecule is Cc1ccc(C(=O)NC2C3CNCC32)n1C.Cl. The van der Waals surface area contributed by atoms with Crippen molar-refractivity contribution in [2.24, 2.45) is 18.9 Å². The molecule has 4 nitrogen and oxygen atoms in total. The number of piperidine rings is 1. The van der Waals surface area contributed by atoms with Crippen LogP contribution in [-0.4, -0.2) is 29.6 Å². The van der Waals surface area contributed by atoms with Gasteiger partial charge in [0.2, 0.25) is 0 Å². The van der Waals surface area contributed by atoms with E-state index >= 15 is 0 Å². The summed E-state index contributed by atoms with van der Waals surface area (Å²) >= 11 is 0. The highest BCUT2D eigenvalue weighted by Crippen LogP contribution is 2.41. The molecule has 3 rings (SSSR count). The van der Waals surface area contributed by atoms with Gasteiger partial charge in [-0.3, -0.25) is 4.79 Å². The van der Waals surface area contributed by atoms with Crippen molar-refractivity contribution in [3.63, 3.8) is 0 Å². The zero-order chi connectivity index (χ0) is 11.3. The van der Waals surface area contributed by atoms with Crippen LogP contribution in [0.4, 0.5) is 0 Å². The summed E-state index contributed by atoms with van der Waals surface area (Å²) in [6.07, 6.45) is 0. The molecule has 5 heteroatoms. The van der Waals surface area contributed by atoms with E-state index in [-0.39, 0.29) is 18.3 Å². The monoisotopic (exact) mass is 255 g/mol. The van der Waals surface area contributed by atoms with Gasteiger partial charge in [0.05, 0.1) is 0 Å². The van der Waals surface area contributed by atoms with Crippen LogP contribution in [0.25, 0.3) is 0 Å². The summed E-state index contributed by atoms with van der Waals surface area (Å²) in [5.41, 5.74) is 1.87. The Kier molecular flexibility index (Phi) is 3.19. The van der Waals surface area contributed by atoms with E-state index in [1.807, 2.05) is 30.7 Å². The smallest absolute Gasteiger partial charge is 0.268 e. The van der Waals surface area contributed by atoms with E-state index in [4.69, 9.17) is 0 Å². The molecule has 94 valence electrons. The molecule has 2 heterocycles. The Balaban J connectivity index is 0.00000108. The Morgan fingerprint density at radius 3 is 2.59 bits per heavy atom. The highest BCUT2D eigenvalue weighted by Gasteiger charge is 2.53. The van der Waals surface area contributed by atoms with Gasteiger partial charge in [-0.05, 0) is 30.9 Å². The summed E-state index contributed by atoms with van der Waals surface area (Å²) in [5.74, 6) is 1.41. The first-order chi connectivity index (χ1) is 7.68. The molecule has 0 bridgehead atoms. The van der Waals surface area contributed by atoms with E-state index in [0.29, 0.717) is 17.9 Å². The van der Waals surface area contributed by atoms with Crippen molar-refractivity contribution in [3.05, 3.63) is 23.5 Å². The molecular weight excluding hydrogens is 238 g/mol. The third-order valence-electron chi connectivity index (χ3n) is 3.99. The normalized spacial score (nSPS) is 29.4. The molecule has 2 unspecified atom stereocenters. The molecule has 1 aromatic heterocycles. The van der Waals surface area contributed by atoms with Crippen LogP contribution >= 0.6 is 12.4 Å². The number of hydrogen-bond donors (Lipinski definition) is 2. The summed E-state index contributed by atoms with van der Waals surface area (Å²) in [4.78, 5) is 12.0. The van der Waals surface area contributed by atoms with Gasteiger partial charge in [0.1, 0.15) is 5.69 Å². The number of hydrogen-bond acceptors (Lipinski definition) is 2. The van der Waals surface area contributed by atoms with Gasteiger partial charge in [-0.1, -0.05) is 0 Å². The van der Waals surface area contributed by atoms with E-state index in [1.165, 1.54) is 0 Å². The molecule has 1 amide bonds. The highest BCUT2D eigenvalue weighted by molar-refractivity contribution is 5.93. The van der Waals surface area contributed by atoms with Gasteiger partial charge >= 0.3 is 0 Å². The fourth-order valence-corrected chi connectivity index (χ4v) is 2.70. The lowest BCUT2D eigenvalue weighted by Gasteiger charge is -2.09. The number of carbonyl (C=O) groups excluding carboxylic acids is 1. The maximum Gasteiger partial charge on any atom is 0.268 e. The Hall–Kier alpha value is -1.00.